The smallest absolute Gasteiger partial charge is 0.263 e. The standard InChI is InChI=1S/C21H23FN6O2/c1-16(30-19-8-3-2-4-9-19)21(29)27-12-10-26(11-13-27)15-20-23-24-25-28(20)18-7-5-6-17(22)14-18/h2-9,14,16H,10-13,15H2,1H3. The van der Waals surface area contributed by atoms with Crippen LogP contribution in [0.4, 0.5) is 4.39 Å². The fourth-order valence-corrected chi connectivity index (χ4v) is 3.45. The summed E-state index contributed by atoms with van der Waals surface area (Å²) in [6.07, 6.45) is -0.542. The van der Waals surface area contributed by atoms with E-state index in [0.717, 1.165) is 0 Å². The van der Waals surface area contributed by atoms with Crippen molar-refractivity contribution in [3.05, 3.63) is 66.2 Å². The number of benzene rings is 2. The molecule has 1 saturated heterocycles. The molecule has 4 rings (SSSR count). The summed E-state index contributed by atoms with van der Waals surface area (Å²) in [4.78, 5) is 16.7. The Morgan fingerprint density at radius 3 is 2.60 bits per heavy atom. The van der Waals surface area contributed by atoms with Crippen LogP contribution >= 0.6 is 0 Å². The van der Waals surface area contributed by atoms with Crippen molar-refractivity contribution >= 4 is 5.91 Å². The lowest BCUT2D eigenvalue weighted by atomic mass is 10.2. The van der Waals surface area contributed by atoms with Gasteiger partial charge in [0.1, 0.15) is 11.6 Å². The molecule has 2 aromatic carbocycles. The third-order valence-electron chi connectivity index (χ3n) is 5.04. The van der Waals surface area contributed by atoms with E-state index in [9.17, 15) is 9.18 Å². The van der Waals surface area contributed by atoms with Crippen molar-refractivity contribution in [1.82, 2.24) is 30.0 Å². The van der Waals surface area contributed by atoms with Crippen molar-refractivity contribution < 1.29 is 13.9 Å². The van der Waals surface area contributed by atoms with E-state index in [2.05, 4.69) is 20.4 Å². The first-order valence-electron chi connectivity index (χ1n) is 9.86. The average molecular weight is 410 g/mol. The maximum atomic E-state index is 13.5. The summed E-state index contributed by atoms with van der Waals surface area (Å²) in [5.74, 6) is 0.943. The zero-order valence-electron chi connectivity index (χ0n) is 16.7. The Bertz CT molecular complexity index is 988. The molecular weight excluding hydrogens is 387 g/mol. The van der Waals surface area contributed by atoms with Crippen molar-refractivity contribution in [3.8, 4) is 11.4 Å². The molecule has 1 fully saturated rings. The molecule has 9 heteroatoms. The number of carbonyl (C=O) groups excluding carboxylic acids is 1. The zero-order chi connectivity index (χ0) is 20.9. The van der Waals surface area contributed by atoms with E-state index in [1.807, 2.05) is 35.2 Å². The second kappa shape index (κ2) is 9.00. The van der Waals surface area contributed by atoms with Crippen LogP contribution in [0.3, 0.4) is 0 Å². The average Bonchev–Trinajstić information content (AvgIpc) is 3.22. The van der Waals surface area contributed by atoms with Crippen molar-refractivity contribution in [2.45, 2.75) is 19.6 Å². The van der Waals surface area contributed by atoms with Gasteiger partial charge in [-0.25, -0.2) is 4.39 Å². The maximum Gasteiger partial charge on any atom is 0.263 e. The molecule has 1 aromatic heterocycles. The second-order valence-electron chi connectivity index (χ2n) is 7.16. The Balaban J connectivity index is 1.32. The predicted molar refractivity (Wildman–Crippen MR) is 108 cm³/mol. The van der Waals surface area contributed by atoms with Gasteiger partial charge in [-0.3, -0.25) is 9.69 Å². The molecule has 3 aromatic rings. The summed E-state index contributed by atoms with van der Waals surface area (Å²) < 4.78 is 20.8. The highest BCUT2D eigenvalue weighted by Crippen LogP contribution is 2.15. The number of hydrogen-bond donors (Lipinski definition) is 0. The molecule has 0 N–H and O–H groups in total. The van der Waals surface area contributed by atoms with E-state index < -0.39 is 6.10 Å². The number of tetrazole rings is 1. The topological polar surface area (TPSA) is 76.4 Å². The van der Waals surface area contributed by atoms with Gasteiger partial charge in [0.05, 0.1) is 12.2 Å². The Hall–Kier alpha value is -3.33. The third-order valence-corrected chi connectivity index (χ3v) is 5.04. The van der Waals surface area contributed by atoms with E-state index in [1.165, 1.54) is 16.8 Å². The zero-order valence-corrected chi connectivity index (χ0v) is 16.7. The number of hydrogen-bond acceptors (Lipinski definition) is 6. The number of halogens is 1. The quantitative estimate of drug-likeness (QED) is 0.618. The lowest BCUT2D eigenvalue weighted by Gasteiger charge is -2.35. The minimum absolute atomic E-state index is 0.0249. The molecule has 1 amide bonds. The van der Waals surface area contributed by atoms with E-state index in [-0.39, 0.29) is 11.7 Å². The highest BCUT2D eigenvalue weighted by molar-refractivity contribution is 5.81. The number of piperazine rings is 1. The van der Waals surface area contributed by atoms with Crippen LogP contribution in [0.1, 0.15) is 12.7 Å². The molecule has 0 radical (unpaired) electrons. The van der Waals surface area contributed by atoms with E-state index in [4.69, 9.17) is 4.74 Å². The van der Waals surface area contributed by atoms with Gasteiger partial charge in [-0.15, -0.1) is 5.10 Å². The fourth-order valence-electron chi connectivity index (χ4n) is 3.45. The van der Waals surface area contributed by atoms with Crippen LogP contribution in [-0.2, 0) is 11.3 Å². The fraction of sp³-hybridized carbons (Fsp3) is 0.333. The number of para-hydroxylation sites is 1. The Labute approximate surface area is 173 Å². The van der Waals surface area contributed by atoms with Gasteiger partial charge < -0.3 is 9.64 Å². The van der Waals surface area contributed by atoms with Gasteiger partial charge in [-0.05, 0) is 47.7 Å². The SMILES string of the molecule is CC(Oc1ccccc1)C(=O)N1CCN(Cc2nnnn2-c2cccc(F)c2)CC1. The molecule has 156 valence electrons. The van der Waals surface area contributed by atoms with Crippen LogP contribution in [0.15, 0.2) is 54.6 Å². The molecule has 1 unspecified atom stereocenters. The molecule has 2 heterocycles. The summed E-state index contributed by atoms with van der Waals surface area (Å²) in [5, 5.41) is 11.8. The molecule has 1 aliphatic heterocycles. The molecule has 0 bridgehead atoms. The van der Waals surface area contributed by atoms with Gasteiger partial charge in [0, 0.05) is 26.2 Å². The van der Waals surface area contributed by atoms with Crippen LogP contribution in [0.5, 0.6) is 5.75 Å². The second-order valence-corrected chi connectivity index (χ2v) is 7.16. The normalized spacial score (nSPS) is 15.7. The van der Waals surface area contributed by atoms with Crippen molar-refractivity contribution in [1.29, 1.82) is 0 Å². The van der Waals surface area contributed by atoms with Crippen LogP contribution < -0.4 is 4.74 Å². The monoisotopic (exact) mass is 410 g/mol. The van der Waals surface area contributed by atoms with Gasteiger partial charge in [0.25, 0.3) is 5.91 Å². The van der Waals surface area contributed by atoms with Crippen LogP contribution in [0.2, 0.25) is 0 Å². The first-order chi connectivity index (χ1) is 14.6. The lowest BCUT2D eigenvalue weighted by molar-refractivity contribution is -0.139. The molecule has 1 aliphatic rings. The highest BCUT2D eigenvalue weighted by Gasteiger charge is 2.27. The Kier molecular flexibility index (Phi) is 5.99. The molecule has 0 aliphatic carbocycles. The highest BCUT2D eigenvalue weighted by atomic mass is 19.1. The van der Waals surface area contributed by atoms with Crippen LogP contribution in [0.25, 0.3) is 5.69 Å². The van der Waals surface area contributed by atoms with Crippen LogP contribution in [-0.4, -0.2) is 68.2 Å². The van der Waals surface area contributed by atoms with Gasteiger partial charge in [0.15, 0.2) is 11.9 Å². The van der Waals surface area contributed by atoms with Crippen LogP contribution in [0, 0.1) is 5.82 Å². The maximum absolute atomic E-state index is 13.5. The first-order valence-corrected chi connectivity index (χ1v) is 9.86. The molecule has 30 heavy (non-hydrogen) atoms. The number of rotatable bonds is 6. The largest absolute Gasteiger partial charge is 0.481 e. The van der Waals surface area contributed by atoms with Gasteiger partial charge in [0.2, 0.25) is 0 Å². The van der Waals surface area contributed by atoms with E-state index >= 15 is 0 Å². The van der Waals surface area contributed by atoms with E-state index in [0.29, 0.717) is 50.0 Å². The minimum atomic E-state index is -0.542. The summed E-state index contributed by atoms with van der Waals surface area (Å²) >= 11 is 0. The number of amides is 1. The predicted octanol–water partition coefficient (Wildman–Crippen LogP) is 1.91. The summed E-state index contributed by atoms with van der Waals surface area (Å²) in [6.45, 7) is 4.88. The summed E-state index contributed by atoms with van der Waals surface area (Å²) in [6, 6.07) is 15.5. The molecule has 1 atom stereocenters. The van der Waals surface area contributed by atoms with Crippen molar-refractivity contribution in [3.63, 3.8) is 0 Å². The summed E-state index contributed by atoms with van der Waals surface area (Å²) in [7, 11) is 0. The van der Waals surface area contributed by atoms with Gasteiger partial charge >= 0.3 is 0 Å². The van der Waals surface area contributed by atoms with Gasteiger partial charge in [-0.1, -0.05) is 24.3 Å². The van der Waals surface area contributed by atoms with Crippen molar-refractivity contribution in [2.75, 3.05) is 26.2 Å². The lowest BCUT2D eigenvalue weighted by Crippen LogP contribution is -2.51. The minimum Gasteiger partial charge on any atom is -0.481 e. The number of nitrogens with zero attached hydrogens (tertiary/aromatic N) is 6. The first kappa shape index (κ1) is 20.0. The Morgan fingerprint density at radius 2 is 1.87 bits per heavy atom. The summed E-state index contributed by atoms with van der Waals surface area (Å²) in [5.41, 5.74) is 0.579. The molecule has 8 nitrogen and oxygen atoms in total. The Morgan fingerprint density at radius 1 is 1.10 bits per heavy atom. The van der Waals surface area contributed by atoms with Gasteiger partial charge in [-0.2, -0.15) is 4.68 Å². The number of ether oxygens (including phenoxy) is 1. The number of aromatic nitrogens is 4. The third kappa shape index (κ3) is 4.62. The molecule has 0 saturated carbocycles. The molecular formula is C21H23FN6O2. The van der Waals surface area contributed by atoms with E-state index in [1.54, 1.807) is 19.1 Å². The molecule has 0 spiro atoms. The number of carbonyl (C=O) groups is 1. The van der Waals surface area contributed by atoms with Crippen molar-refractivity contribution in [2.24, 2.45) is 0 Å².